The molecular weight excluding hydrogens is 324 g/mol. The van der Waals surface area contributed by atoms with E-state index < -0.39 is 0 Å². The molecule has 134 valence electrons. The zero-order valence-corrected chi connectivity index (χ0v) is 15.3. The first kappa shape index (κ1) is 17.0. The quantitative estimate of drug-likeness (QED) is 0.778. The molecule has 4 nitrogen and oxygen atoms in total. The van der Waals surface area contributed by atoms with Crippen LogP contribution in [0.2, 0.25) is 0 Å². The van der Waals surface area contributed by atoms with E-state index >= 15 is 0 Å². The second kappa shape index (κ2) is 7.06. The highest BCUT2D eigenvalue weighted by atomic mass is 16.5. The van der Waals surface area contributed by atoms with E-state index in [9.17, 15) is 5.11 Å². The lowest BCUT2D eigenvalue weighted by Gasteiger charge is -2.35. The number of rotatable bonds is 3. The number of morpholine rings is 1. The van der Waals surface area contributed by atoms with Gasteiger partial charge >= 0.3 is 0 Å². The predicted molar refractivity (Wildman–Crippen MR) is 104 cm³/mol. The minimum atomic E-state index is -0.00962. The second-order valence-corrected chi connectivity index (χ2v) is 6.99. The summed E-state index contributed by atoms with van der Waals surface area (Å²) in [5.74, 6) is 0.281. The Hall–Kier alpha value is -2.43. The number of phenolic OH excluding ortho intramolecular Hbond substituents is 1. The third-order valence-corrected chi connectivity index (χ3v) is 5.20. The predicted octanol–water partition coefficient (Wildman–Crippen LogP) is 3.98. The third-order valence-electron chi connectivity index (χ3n) is 5.20. The van der Waals surface area contributed by atoms with Gasteiger partial charge < -0.3 is 9.84 Å². The fourth-order valence-electron chi connectivity index (χ4n) is 3.81. The summed E-state index contributed by atoms with van der Waals surface area (Å²) in [4.78, 5) is 6.83. The fourth-order valence-corrected chi connectivity index (χ4v) is 3.81. The summed E-state index contributed by atoms with van der Waals surface area (Å²) in [6.07, 6.45) is 1.74. The molecule has 1 aliphatic rings. The monoisotopic (exact) mass is 348 g/mol. The normalized spacial score (nSPS) is 16.7. The minimum absolute atomic E-state index is 0.00962. The zero-order valence-electron chi connectivity index (χ0n) is 15.3. The number of hydrogen-bond acceptors (Lipinski definition) is 4. The molecule has 4 heteroatoms. The number of ether oxygens (including phenoxy) is 1. The SMILES string of the molecule is Cc1ccc(C(c2cc(C)c3cccnc3c2O)N2CCOCC2)cc1. The number of fused-ring (bicyclic) bond motifs is 1. The van der Waals surface area contributed by atoms with Crippen molar-refractivity contribution < 1.29 is 9.84 Å². The van der Waals surface area contributed by atoms with E-state index in [1.54, 1.807) is 6.20 Å². The molecule has 1 fully saturated rings. The van der Waals surface area contributed by atoms with Gasteiger partial charge in [0.05, 0.1) is 19.3 Å². The van der Waals surface area contributed by atoms with Crippen LogP contribution in [0.5, 0.6) is 5.75 Å². The molecule has 1 unspecified atom stereocenters. The maximum Gasteiger partial charge on any atom is 0.146 e. The summed E-state index contributed by atoms with van der Waals surface area (Å²) >= 11 is 0. The van der Waals surface area contributed by atoms with Crippen LogP contribution in [-0.2, 0) is 4.74 Å². The van der Waals surface area contributed by atoms with E-state index in [1.807, 2.05) is 12.1 Å². The Morgan fingerprint density at radius 1 is 1.08 bits per heavy atom. The van der Waals surface area contributed by atoms with E-state index in [0.717, 1.165) is 29.6 Å². The lowest BCUT2D eigenvalue weighted by atomic mass is 9.92. The first-order valence-corrected chi connectivity index (χ1v) is 9.10. The Labute approximate surface area is 154 Å². The summed E-state index contributed by atoms with van der Waals surface area (Å²) in [5, 5.41) is 12.1. The van der Waals surface area contributed by atoms with Crippen LogP contribution >= 0.6 is 0 Å². The van der Waals surface area contributed by atoms with Crippen molar-refractivity contribution in [2.75, 3.05) is 26.3 Å². The van der Waals surface area contributed by atoms with Crippen LogP contribution in [0.1, 0.15) is 28.3 Å². The smallest absolute Gasteiger partial charge is 0.146 e. The first-order chi connectivity index (χ1) is 12.6. The second-order valence-electron chi connectivity index (χ2n) is 6.99. The lowest BCUT2D eigenvalue weighted by molar-refractivity contribution is 0.0236. The molecule has 1 saturated heterocycles. The Balaban J connectivity index is 1.89. The Morgan fingerprint density at radius 2 is 1.81 bits per heavy atom. The Bertz CT molecular complexity index is 915. The van der Waals surface area contributed by atoms with Crippen molar-refractivity contribution in [2.24, 2.45) is 0 Å². The summed E-state index contributed by atoms with van der Waals surface area (Å²) in [7, 11) is 0. The highest BCUT2D eigenvalue weighted by Crippen LogP contribution is 2.39. The molecule has 1 aliphatic heterocycles. The number of pyridine rings is 1. The van der Waals surface area contributed by atoms with Crippen LogP contribution < -0.4 is 0 Å². The Kier molecular flexibility index (Phi) is 4.62. The highest BCUT2D eigenvalue weighted by Gasteiger charge is 2.28. The lowest BCUT2D eigenvalue weighted by Crippen LogP contribution is -2.39. The van der Waals surface area contributed by atoms with Crippen molar-refractivity contribution in [2.45, 2.75) is 19.9 Å². The van der Waals surface area contributed by atoms with Crippen molar-refractivity contribution in [3.8, 4) is 5.75 Å². The zero-order chi connectivity index (χ0) is 18.1. The number of hydrogen-bond donors (Lipinski definition) is 1. The van der Waals surface area contributed by atoms with Crippen LogP contribution in [0.15, 0.2) is 48.7 Å². The van der Waals surface area contributed by atoms with Gasteiger partial charge in [-0.05, 0) is 37.1 Å². The molecule has 0 amide bonds. The summed E-state index contributed by atoms with van der Waals surface area (Å²) in [6.45, 7) is 7.30. The molecule has 2 aromatic carbocycles. The van der Waals surface area contributed by atoms with Gasteiger partial charge in [-0.15, -0.1) is 0 Å². The van der Waals surface area contributed by atoms with Gasteiger partial charge in [0.1, 0.15) is 11.3 Å². The molecule has 1 atom stereocenters. The maximum absolute atomic E-state index is 11.1. The average molecular weight is 348 g/mol. The van der Waals surface area contributed by atoms with Gasteiger partial charge in [-0.2, -0.15) is 0 Å². The molecule has 4 rings (SSSR count). The van der Waals surface area contributed by atoms with Crippen molar-refractivity contribution in [1.82, 2.24) is 9.88 Å². The van der Waals surface area contributed by atoms with Crippen LogP contribution in [0.4, 0.5) is 0 Å². The van der Waals surface area contributed by atoms with E-state index in [2.05, 4.69) is 54.1 Å². The molecule has 26 heavy (non-hydrogen) atoms. The van der Waals surface area contributed by atoms with Crippen LogP contribution in [0.3, 0.4) is 0 Å². The molecule has 0 bridgehead atoms. The van der Waals surface area contributed by atoms with Crippen molar-refractivity contribution in [1.29, 1.82) is 0 Å². The van der Waals surface area contributed by atoms with Gasteiger partial charge in [-0.25, -0.2) is 0 Å². The number of aromatic hydroxyl groups is 1. The van der Waals surface area contributed by atoms with E-state index in [4.69, 9.17) is 4.74 Å². The molecule has 0 aliphatic carbocycles. The van der Waals surface area contributed by atoms with Gasteiger partial charge in [0.25, 0.3) is 0 Å². The molecule has 0 saturated carbocycles. The van der Waals surface area contributed by atoms with Gasteiger partial charge in [-0.3, -0.25) is 9.88 Å². The van der Waals surface area contributed by atoms with E-state index in [-0.39, 0.29) is 11.8 Å². The molecular formula is C22H24N2O2. The highest BCUT2D eigenvalue weighted by molar-refractivity contribution is 5.88. The van der Waals surface area contributed by atoms with Gasteiger partial charge in [-0.1, -0.05) is 35.9 Å². The van der Waals surface area contributed by atoms with Gasteiger partial charge in [0.15, 0.2) is 0 Å². The average Bonchev–Trinajstić information content (AvgIpc) is 2.68. The van der Waals surface area contributed by atoms with Crippen molar-refractivity contribution >= 4 is 10.9 Å². The molecule has 0 radical (unpaired) electrons. The van der Waals surface area contributed by atoms with E-state index in [0.29, 0.717) is 18.7 Å². The van der Waals surface area contributed by atoms with Crippen molar-refractivity contribution in [3.63, 3.8) is 0 Å². The first-order valence-electron chi connectivity index (χ1n) is 9.10. The van der Waals surface area contributed by atoms with Crippen LogP contribution in [0.25, 0.3) is 10.9 Å². The van der Waals surface area contributed by atoms with Crippen LogP contribution in [-0.4, -0.2) is 41.3 Å². The molecule has 3 aromatic rings. The molecule has 1 aromatic heterocycles. The van der Waals surface area contributed by atoms with Crippen LogP contribution in [0, 0.1) is 13.8 Å². The number of benzene rings is 2. The number of nitrogens with zero attached hydrogens (tertiary/aromatic N) is 2. The third kappa shape index (κ3) is 3.06. The van der Waals surface area contributed by atoms with E-state index in [1.165, 1.54) is 11.1 Å². The fraction of sp³-hybridized carbons (Fsp3) is 0.318. The summed E-state index contributed by atoms with van der Waals surface area (Å²) < 4.78 is 5.55. The number of phenols is 1. The van der Waals surface area contributed by atoms with Gasteiger partial charge in [0, 0.05) is 30.2 Å². The maximum atomic E-state index is 11.1. The summed E-state index contributed by atoms with van der Waals surface area (Å²) in [5.41, 5.74) is 5.14. The molecule has 1 N–H and O–H groups in total. The standard InChI is InChI=1S/C22H24N2O2/c1-15-5-7-17(8-6-15)21(24-10-12-26-13-11-24)19-14-16(2)18-4-3-9-23-20(18)22(19)25/h3-9,14,21,25H,10-13H2,1-2H3. The largest absolute Gasteiger partial charge is 0.505 e. The number of aromatic nitrogens is 1. The van der Waals surface area contributed by atoms with Crippen molar-refractivity contribution in [3.05, 3.63) is 70.9 Å². The summed E-state index contributed by atoms with van der Waals surface area (Å²) in [6, 6.07) is 14.6. The molecule has 2 heterocycles. The van der Waals surface area contributed by atoms with Gasteiger partial charge in [0.2, 0.25) is 0 Å². The topological polar surface area (TPSA) is 45.6 Å². The minimum Gasteiger partial charge on any atom is -0.505 e. The number of aryl methyl sites for hydroxylation is 2. The molecule has 0 spiro atoms. The Morgan fingerprint density at radius 3 is 2.54 bits per heavy atom.